The molecule has 0 bridgehead atoms. The van der Waals surface area contributed by atoms with Gasteiger partial charge in [-0.3, -0.25) is 0 Å². The molecule has 0 radical (unpaired) electrons. The molecule has 0 saturated heterocycles. The summed E-state index contributed by atoms with van der Waals surface area (Å²) in [6, 6.07) is 8.39. The lowest BCUT2D eigenvalue weighted by atomic mass is 10.2. The number of hydrogen-bond acceptors (Lipinski definition) is 3. The number of pyridine rings is 1. The molecule has 1 N–H and O–H groups in total. The van der Waals surface area contributed by atoms with Crippen LogP contribution in [-0.4, -0.2) is 11.0 Å². The lowest BCUT2D eigenvalue weighted by molar-refractivity contribution is 0.800. The molecule has 0 aromatic carbocycles. The zero-order valence-corrected chi connectivity index (χ0v) is 10.6. The van der Waals surface area contributed by atoms with Gasteiger partial charge in [0.2, 0.25) is 0 Å². The van der Waals surface area contributed by atoms with Crippen molar-refractivity contribution >= 4 is 28.6 Å². The fourth-order valence-electron chi connectivity index (χ4n) is 1.56. The second-order valence-corrected chi connectivity index (χ2v) is 5.12. The Morgan fingerprint density at radius 1 is 1.50 bits per heavy atom. The van der Waals surface area contributed by atoms with E-state index >= 15 is 0 Å². The SMILES string of the molecule is CC(Cc1cccs1)Nc1ccnc(Cl)c1. The Kier molecular flexibility index (Phi) is 3.80. The van der Waals surface area contributed by atoms with Gasteiger partial charge in [0.1, 0.15) is 5.15 Å². The summed E-state index contributed by atoms with van der Waals surface area (Å²) in [4.78, 5) is 5.34. The molecule has 0 saturated carbocycles. The summed E-state index contributed by atoms with van der Waals surface area (Å²) < 4.78 is 0. The first-order valence-electron chi connectivity index (χ1n) is 5.14. The molecular formula is C12H13ClN2S. The van der Waals surface area contributed by atoms with Gasteiger partial charge in [0.15, 0.2) is 0 Å². The van der Waals surface area contributed by atoms with E-state index < -0.39 is 0 Å². The molecule has 0 aliphatic carbocycles. The standard InChI is InChI=1S/C12H13ClN2S/c1-9(7-11-3-2-6-16-11)15-10-4-5-14-12(13)8-10/h2-6,8-9H,7H2,1H3,(H,14,15). The zero-order chi connectivity index (χ0) is 11.4. The van der Waals surface area contributed by atoms with Crippen LogP contribution in [0.15, 0.2) is 35.8 Å². The van der Waals surface area contributed by atoms with Crippen LogP contribution in [0, 0.1) is 0 Å². The molecule has 0 amide bonds. The monoisotopic (exact) mass is 252 g/mol. The first kappa shape index (κ1) is 11.4. The van der Waals surface area contributed by atoms with Gasteiger partial charge in [-0.05, 0) is 30.5 Å². The number of nitrogens with zero attached hydrogens (tertiary/aromatic N) is 1. The van der Waals surface area contributed by atoms with Gasteiger partial charge in [-0.15, -0.1) is 11.3 Å². The molecular weight excluding hydrogens is 240 g/mol. The van der Waals surface area contributed by atoms with E-state index in [0.29, 0.717) is 11.2 Å². The van der Waals surface area contributed by atoms with Gasteiger partial charge in [0.25, 0.3) is 0 Å². The van der Waals surface area contributed by atoms with E-state index in [-0.39, 0.29) is 0 Å². The van der Waals surface area contributed by atoms with E-state index in [1.807, 2.05) is 12.1 Å². The largest absolute Gasteiger partial charge is 0.382 e. The quantitative estimate of drug-likeness (QED) is 0.837. The predicted octanol–water partition coefficient (Wildman–Crippen LogP) is 3.84. The highest BCUT2D eigenvalue weighted by Gasteiger charge is 2.04. The van der Waals surface area contributed by atoms with E-state index in [4.69, 9.17) is 11.6 Å². The summed E-state index contributed by atoms with van der Waals surface area (Å²) in [6.07, 6.45) is 2.74. The summed E-state index contributed by atoms with van der Waals surface area (Å²) in [6.45, 7) is 2.16. The number of nitrogens with one attached hydrogen (secondary N) is 1. The summed E-state index contributed by atoms with van der Waals surface area (Å²) in [5, 5.41) is 6.03. The van der Waals surface area contributed by atoms with Crippen molar-refractivity contribution in [3.05, 3.63) is 45.9 Å². The smallest absolute Gasteiger partial charge is 0.131 e. The average Bonchev–Trinajstić information content (AvgIpc) is 2.70. The van der Waals surface area contributed by atoms with Crippen molar-refractivity contribution < 1.29 is 0 Å². The third-order valence-corrected chi connectivity index (χ3v) is 3.33. The van der Waals surface area contributed by atoms with Crippen molar-refractivity contribution in [3.63, 3.8) is 0 Å². The van der Waals surface area contributed by atoms with Gasteiger partial charge in [0, 0.05) is 29.2 Å². The van der Waals surface area contributed by atoms with Crippen LogP contribution in [0.1, 0.15) is 11.8 Å². The molecule has 4 heteroatoms. The Morgan fingerprint density at radius 2 is 2.38 bits per heavy atom. The van der Waals surface area contributed by atoms with Crippen LogP contribution < -0.4 is 5.32 Å². The van der Waals surface area contributed by atoms with Crippen molar-refractivity contribution in [2.24, 2.45) is 0 Å². The Bertz CT molecular complexity index is 442. The number of thiophene rings is 1. The maximum absolute atomic E-state index is 5.82. The van der Waals surface area contributed by atoms with Crippen LogP contribution in [0.3, 0.4) is 0 Å². The highest BCUT2D eigenvalue weighted by Crippen LogP contribution is 2.16. The molecule has 2 rings (SSSR count). The number of hydrogen-bond donors (Lipinski definition) is 1. The van der Waals surface area contributed by atoms with Crippen LogP contribution in [0.5, 0.6) is 0 Å². The van der Waals surface area contributed by atoms with E-state index in [9.17, 15) is 0 Å². The first-order chi connectivity index (χ1) is 7.74. The van der Waals surface area contributed by atoms with Crippen LogP contribution in [0.2, 0.25) is 5.15 Å². The summed E-state index contributed by atoms with van der Waals surface area (Å²) in [7, 11) is 0. The average molecular weight is 253 g/mol. The topological polar surface area (TPSA) is 24.9 Å². The maximum Gasteiger partial charge on any atom is 0.131 e. The van der Waals surface area contributed by atoms with Gasteiger partial charge in [0.05, 0.1) is 0 Å². The highest BCUT2D eigenvalue weighted by molar-refractivity contribution is 7.09. The molecule has 1 unspecified atom stereocenters. The van der Waals surface area contributed by atoms with E-state index in [2.05, 4.69) is 34.7 Å². The van der Waals surface area contributed by atoms with Crippen LogP contribution in [0.25, 0.3) is 0 Å². The highest BCUT2D eigenvalue weighted by atomic mass is 35.5. The zero-order valence-electron chi connectivity index (χ0n) is 8.98. The van der Waals surface area contributed by atoms with Crippen molar-refractivity contribution in [2.45, 2.75) is 19.4 Å². The number of halogens is 1. The summed E-state index contributed by atoms with van der Waals surface area (Å²) in [5.41, 5.74) is 1.02. The predicted molar refractivity (Wildman–Crippen MR) is 70.4 cm³/mol. The molecule has 0 fully saturated rings. The second-order valence-electron chi connectivity index (χ2n) is 3.70. The molecule has 2 nitrogen and oxygen atoms in total. The van der Waals surface area contributed by atoms with Gasteiger partial charge >= 0.3 is 0 Å². The third-order valence-electron chi connectivity index (χ3n) is 2.23. The van der Waals surface area contributed by atoms with E-state index in [1.54, 1.807) is 17.5 Å². The fraction of sp³-hybridized carbons (Fsp3) is 0.250. The summed E-state index contributed by atoms with van der Waals surface area (Å²) >= 11 is 7.61. The molecule has 84 valence electrons. The van der Waals surface area contributed by atoms with Crippen molar-refractivity contribution in [2.75, 3.05) is 5.32 Å². The Hall–Kier alpha value is -1.06. The Labute approximate surface area is 104 Å². The second kappa shape index (κ2) is 5.32. The van der Waals surface area contributed by atoms with Crippen molar-refractivity contribution in [1.29, 1.82) is 0 Å². The number of aromatic nitrogens is 1. The Morgan fingerprint density at radius 3 is 3.06 bits per heavy atom. The minimum Gasteiger partial charge on any atom is -0.382 e. The van der Waals surface area contributed by atoms with Gasteiger partial charge < -0.3 is 5.32 Å². The minimum absolute atomic E-state index is 0.386. The molecule has 2 aromatic rings. The molecule has 1 atom stereocenters. The normalized spacial score (nSPS) is 12.4. The lowest BCUT2D eigenvalue weighted by Gasteiger charge is -2.14. The van der Waals surface area contributed by atoms with E-state index in [1.165, 1.54) is 4.88 Å². The molecule has 2 aromatic heterocycles. The molecule has 0 aliphatic heterocycles. The van der Waals surface area contributed by atoms with Crippen LogP contribution in [0.4, 0.5) is 5.69 Å². The van der Waals surface area contributed by atoms with Gasteiger partial charge in [-0.2, -0.15) is 0 Å². The number of anilines is 1. The lowest BCUT2D eigenvalue weighted by Crippen LogP contribution is -2.17. The summed E-state index contributed by atoms with van der Waals surface area (Å²) in [5.74, 6) is 0. The van der Waals surface area contributed by atoms with Crippen LogP contribution >= 0.6 is 22.9 Å². The molecule has 0 spiro atoms. The molecule has 2 heterocycles. The van der Waals surface area contributed by atoms with Crippen molar-refractivity contribution in [3.8, 4) is 0 Å². The fourth-order valence-corrected chi connectivity index (χ4v) is 2.57. The maximum atomic E-state index is 5.82. The molecule has 0 aliphatic rings. The minimum atomic E-state index is 0.386. The first-order valence-corrected chi connectivity index (χ1v) is 6.40. The Balaban J connectivity index is 1.94. The third kappa shape index (κ3) is 3.22. The van der Waals surface area contributed by atoms with Gasteiger partial charge in [-0.25, -0.2) is 4.98 Å². The van der Waals surface area contributed by atoms with Crippen molar-refractivity contribution in [1.82, 2.24) is 4.98 Å². The van der Waals surface area contributed by atoms with E-state index in [0.717, 1.165) is 12.1 Å². The van der Waals surface area contributed by atoms with Crippen LogP contribution in [-0.2, 0) is 6.42 Å². The van der Waals surface area contributed by atoms with Gasteiger partial charge in [-0.1, -0.05) is 17.7 Å². The number of rotatable bonds is 4. The molecule has 16 heavy (non-hydrogen) atoms.